The number of esters is 2. The Bertz CT molecular complexity index is 1370. The molecule has 0 aliphatic carbocycles. The van der Waals surface area contributed by atoms with Crippen molar-refractivity contribution in [2.24, 2.45) is 0 Å². The summed E-state index contributed by atoms with van der Waals surface area (Å²) in [5.41, 5.74) is 2.34. The summed E-state index contributed by atoms with van der Waals surface area (Å²) in [6, 6.07) is 18.2. The minimum absolute atomic E-state index is 0.0112. The Labute approximate surface area is 239 Å². The van der Waals surface area contributed by atoms with Crippen molar-refractivity contribution in [1.82, 2.24) is 4.90 Å². The van der Waals surface area contributed by atoms with Gasteiger partial charge in [0, 0.05) is 43.5 Å². The van der Waals surface area contributed by atoms with E-state index in [4.69, 9.17) is 23.7 Å². The Morgan fingerprint density at radius 2 is 1.41 bits per heavy atom. The Hall–Kier alpha value is -4.37. The average molecular weight is 562 g/mol. The van der Waals surface area contributed by atoms with Gasteiger partial charge in [-0.05, 0) is 31.0 Å². The van der Waals surface area contributed by atoms with E-state index in [1.165, 1.54) is 21.1 Å². The third kappa shape index (κ3) is 6.86. The molecule has 1 unspecified atom stereocenters. The number of nitrogens with zero attached hydrogens (tertiary/aromatic N) is 1. The molecule has 0 aromatic heterocycles. The van der Waals surface area contributed by atoms with Crippen molar-refractivity contribution in [3.8, 4) is 23.0 Å². The molecule has 216 valence electrons. The minimum Gasteiger partial charge on any atom is -0.490 e. The highest BCUT2D eigenvalue weighted by molar-refractivity contribution is 5.92. The minimum atomic E-state index is -0.584. The van der Waals surface area contributed by atoms with Crippen LogP contribution >= 0.6 is 0 Å². The molecule has 9 heteroatoms. The number of ether oxygens (including phenoxy) is 5. The number of benzene rings is 3. The van der Waals surface area contributed by atoms with Crippen molar-refractivity contribution in [1.29, 1.82) is 0 Å². The van der Waals surface area contributed by atoms with E-state index in [0.29, 0.717) is 49.4 Å². The van der Waals surface area contributed by atoms with Crippen LogP contribution in [0.5, 0.6) is 23.0 Å². The lowest BCUT2D eigenvalue weighted by Gasteiger charge is -2.29. The zero-order valence-electron chi connectivity index (χ0n) is 23.8. The first-order chi connectivity index (χ1) is 19.8. The number of morpholine rings is 1. The summed E-state index contributed by atoms with van der Waals surface area (Å²) < 4.78 is 28.5. The molecular weight excluding hydrogens is 526 g/mol. The van der Waals surface area contributed by atoms with Gasteiger partial charge in [0.2, 0.25) is 17.4 Å². The zero-order valence-corrected chi connectivity index (χ0v) is 23.8. The summed E-state index contributed by atoms with van der Waals surface area (Å²) in [6.07, 6.45) is 0.642. The van der Waals surface area contributed by atoms with E-state index >= 15 is 0 Å². The molecule has 1 fully saturated rings. The van der Waals surface area contributed by atoms with Gasteiger partial charge < -0.3 is 28.6 Å². The lowest BCUT2D eigenvalue weighted by Crippen LogP contribution is -2.40. The van der Waals surface area contributed by atoms with Gasteiger partial charge in [-0.3, -0.25) is 9.59 Å². The second-order valence-electron chi connectivity index (χ2n) is 9.61. The van der Waals surface area contributed by atoms with E-state index in [9.17, 15) is 14.4 Å². The van der Waals surface area contributed by atoms with Crippen LogP contribution in [0.2, 0.25) is 0 Å². The van der Waals surface area contributed by atoms with Gasteiger partial charge >= 0.3 is 11.9 Å². The maximum Gasteiger partial charge on any atom is 0.343 e. The number of hydrogen-bond donors (Lipinski definition) is 0. The molecule has 41 heavy (non-hydrogen) atoms. The van der Waals surface area contributed by atoms with Gasteiger partial charge in [-0.15, -0.1) is 0 Å². The van der Waals surface area contributed by atoms with Crippen LogP contribution in [0, 0.1) is 6.92 Å². The molecule has 0 bridgehead atoms. The smallest absolute Gasteiger partial charge is 0.343 e. The molecule has 1 amide bonds. The lowest BCUT2D eigenvalue weighted by atomic mass is 9.83. The number of methoxy groups -OCH3 is 2. The van der Waals surface area contributed by atoms with Crippen molar-refractivity contribution in [3.63, 3.8) is 0 Å². The molecule has 1 atom stereocenters. The van der Waals surface area contributed by atoms with Crippen LogP contribution in [0.3, 0.4) is 0 Å². The monoisotopic (exact) mass is 561 g/mol. The number of hydrogen-bond acceptors (Lipinski definition) is 8. The summed E-state index contributed by atoms with van der Waals surface area (Å²) in [5, 5.41) is 0. The summed E-state index contributed by atoms with van der Waals surface area (Å²) >= 11 is 0. The summed E-state index contributed by atoms with van der Waals surface area (Å²) in [5.74, 6) is -1.02. The van der Waals surface area contributed by atoms with Gasteiger partial charge in [0.25, 0.3) is 0 Å². The van der Waals surface area contributed by atoms with E-state index in [-0.39, 0.29) is 35.3 Å². The first-order valence-electron chi connectivity index (χ1n) is 13.5. The third-order valence-electron chi connectivity index (χ3n) is 7.03. The standard InChI is InChI=1S/C32H35NO8/c1-21-27(25(23-11-7-5-8-12-23)15-16-26(35)33-17-19-39-20-18-33)29(40-22(2)34)31(38-4)30(37-3)28(21)41-32(36)24-13-9-6-10-14-24/h5-14,25H,15-20H2,1-4H3. The van der Waals surface area contributed by atoms with E-state index in [0.717, 1.165) is 5.56 Å². The van der Waals surface area contributed by atoms with Crippen LogP contribution < -0.4 is 18.9 Å². The van der Waals surface area contributed by atoms with Gasteiger partial charge in [0.1, 0.15) is 0 Å². The van der Waals surface area contributed by atoms with E-state index < -0.39 is 17.9 Å². The van der Waals surface area contributed by atoms with E-state index in [1.807, 2.05) is 30.3 Å². The fourth-order valence-electron chi connectivity index (χ4n) is 5.08. The summed E-state index contributed by atoms with van der Waals surface area (Å²) in [6.45, 7) is 5.18. The number of amides is 1. The highest BCUT2D eigenvalue weighted by Gasteiger charge is 2.33. The van der Waals surface area contributed by atoms with Crippen molar-refractivity contribution in [2.45, 2.75) is 32.6 Å². The summed E-state index contributed by atoms with van der Waals surface area (Å²) in [7, 11) is 2.84. The first kappa shape index (κ1) is 29.6. The fraction of sp³-hybridized carbons (Fsp3) is 0.344. The van der Waals surface area contributed by atoms with Crippen molar-refractivity contribution < 1.29 is 38.1 Å². The Balaban J connectivity index is 1.86. The molecule has 1 saturated heterocycles. The molecular formula is C32H35NO8. The van der Waals surface area contributed by atoms with Gasteiger partial charge in [-0.2, -0.15) is 0 Å². The Morgan fingerprint density at radius 3 is 2.00 bits per heavy atom. The van der Waals surface area contributed by atoms with Crippen LogP contribution in [-0.2, 0) is 14.3 Å². The Kier molecular flexibility index (Phi) is 9.97. The second kappa shape index (κ2) is 13.8. The van der Waals surface area contributed by atoms with Crippen molar-refractivity contribution in [3.05, 3.63) is 82.9 Å². The van der Waals surface area contributed by atoms with Crippen molar-refractivity contribution >= 4 is 17.8 Å². The van der Waals surface area contributed by atoms with Crippen LogP contribution in [0.1, 0.15) is 52.7 Å². The zero-order chi connectivity index (χ0) is 29.4. The second-order valence-corrected chi connectivity index (χ2v) is 9.61. The quantitative estimate of drug-likeness (QED) is 0.254. The highest BCUT2D eigenvalue weighted by Crippen LogP contribution is 2.53. The lowest BCUT2D eigenvalue weighted by molar-refractivity contribution is -0.135. The molecule has 3 aromatic rings. The average Bonchev–Trinajstić information content (AvgIpc) is 3.00. The maximum absolute atomic E-state index is 13.2. The van der Waals surface area contributed by atoms with Gasteiger partial charge in [0.05, 0.1) is 33.0 Å². The highest BCUT2D eigenvalue weighted by atomic mass is 16.6. The molecule has 1 heterocycles. The van der Waals surface area contributed by atoms with E-state index in [1.54, 1.807) is 42.2 Å². The fourth-order valence-corrected chi connectivity index (χ4v) is 5.08. The molecule has 3 aromatic carbocycles. The van der Waals surface area contributed by atoms with Crippen LogP contribution in [0.15, 0.2) is 60.7 Å². The van der Waals surface area contributed by atoms with Crippen LogP contribution in [0.4, 0.5) is 0 Å². The predicted octanol–water partition coefficient (Wildman–Crippen LogP) is 4.93. The molecule has 9 nitrogen and oxygen atoms in total. The largest absolute Gasteiger partial charge is 0.490 e. The Morgan fingerprint density at radius 1 is 0.829 bits per heavy atom. The van der Waals surface area contributed by atoms with E-state index in [2.05, 4.69) is 0 Å². The van der Waals surface area contributed by atoms with Gasteiger partial charge in [-0.25, -0.2) is 4.79 Å². The molecule has 0 radical (unpaired) electrons. The first-order valence-corrected chi connectivity index (χ1v) is 13.5. The number of rotatable bonds is 10. The molecule has 0 saturated carbocycles. The molecule has 0 N–H and O–H groups in total. The van der Waals surface area contributed by atoms with Crippen LogP contribution in [-0.4, -0.2) is 63.3 Å². The molecule has 1 aliphatic rings. The number of carbonyl (C=O) groups is 3. The third-order valence-corrected chi connectivity index (χ3v) is 7.03. The number of carbonyl (C=O) groups excluding carboxylic acids is 3. The SMILES string of the molecule is COc1c(OC(=O)c2ccccc2)c(C)c(C(CCC(=O)N2CCOCC2)c2ccccc2)c(OC(C)=O)c1OC. The van der Waals surface area contributed by atoms with Crippen LogP contribution in [0.25, 0.3) is 0 Å². The van der Waals surface area contributed by atoms with Gasteiger partial charge in [-0.1, -0.05) is 48.5 Å². The normalized spacial score (nSPS) is 13.7. The molecule has 0 spiro atoms. The summed E-state index contributed by atoms with van der Waals surface area (Å²) in [4.78, 5) is 40.5. The maximum atomic E-state index is 13.2. The molecule has 4 rings (SSSR count). The van der Waals surface area contributed by atoms with Crippen molar-refractivity contribution in [2.75, 3.05) is 40.5 Å². The van der Waals surface area contributed by atoms with Gasteiger partial charge in [0.15, 0.2) is 11.5 Å². The molecule has 1 aliphatic heterocycles. The topological polar surface area (TPSA) is 101 Å². The predicted molar refractivity (Wildman–Crippen MR) is 152 cm³/mol.